The van der Waals surface area contributed by atoms with Crippen molar-refractivity contribution in [3.8, 4) is 0 Å². The van der Waals surface area contributed by atoms with Gasteiger partial charge >= 0.3 is 6.09 Å². The van der Waals surface area contributed by atoms with Gasteiger partial charge in [0.05, 0.1) is 12.3 Å². The van der Waals surface area contributed by atoms with E-state index in [9.17, 15) is 4.79 Å². The van der Waals surface area contributed by atoms with Gasteiger partial charge in [0.15, 0.2) is 5.89 Å². The Kier molecular flexibility index (Phi) is 6.72. The molecule has 0 atom stereocenters. The highest BCUT2D eigenvalue weighted by atomic mass is 16.5. The van der Waals surface area contributed by atoms with Crippen LogP contribution >= 0.6 is 0 Å². The van der Waals surface area contributed by atoms with E-state index in [0.717, 1.165) is 43.0 Å². The molecule has 0 aliphatic heterocycles. The molecule has 0 aromatic carbocycles. The number of unbranched alkanes of at least 4 members (excludes halogenated alkanes) is 1. The van der Waals surface area contributed by atoms with Crippen molar-refractivity contribution in [2.45, 2.75) is 65.7 Å². The number of hydrogen-bond donors (Lipinski definition) is 1. The topological polar surface area (TPSA) is 64.4 Å². The van der Waals surface area contributed by atoms with E-state index in [-0.39, 0.29) is 11.5 Å². The number of amides is 1. The first-order chi connectivity index (χ1) is 9.84. The lowest BCUT2D eigenvalue weighted by molar-refractivity contribution is 0.144. The summed E-state index contributed by atoms with van der Waals surface area (Å²) in [4.78, 5) is 15.8. The van der Waals surface area contributed by atoms with Gasteiger partial charge in [-0.05, 0) is 19.8 Å². The lowest BCUT2D eigenvalue weighted by Crippen LogP contribution is -2.25. The van der Waals surface area contributed by atoms with Gasteiger partial charge in [0, 0.05) is 18.4 Å². The van der Waals surface area contributed by atoms with Crippen LogP contribution in [0.15, 0.2) is 4.42 Å². The molecule has 0 aliphatic rings. The van der Waals surface area contributed by atoms with Gasteiger partial charge < -0.3 is 14.5 Å². The number of ether oxygens (including phenoxy) is 1. The van der Waals surface area contributed by atoms with Crippen molar-refractivity contribution in [2.24, 2.45) is 0 Å². The van der Waals surface area contributed by atoms with Crippen LogP contribution in [0, 0.1) is 6.92 Å². The Morgan fingerprint density at radius 3 is 2.62 bits per heavy atom. The second-order valence-electron chi connectivity index (χ2n) is 6.30. The zero-order valence-corrected chi connectivity index (χ0v) is 13.9. The first-order valence-corrected chi connectivity index (χ1v) is 7.72. The van der Waals surface area contributed by atoms with Crippen molar-refractivity contribution < 1.29 is 13.9 Å². The highest BCUT2D eigenvalue weighted by Gasteiger charge is 2.21. The first kappa shape index (κ1) is 17.5. The minimum Gasteiger partial charge on any atom is -0.450 e. The highest BCUT2D eigenvalue weighted by molar-refractivity contribution is 5.66. The number of carbonyl (C=O) groups is 1. The highest BCUT2D eigenvalue weighted by Crippen LogP contribution is 2.24. The summed E-state index contributed by atoms with van der Waals surface area (Å²) >= 11 is 0. The number of oxazole rings is 1. The van der Waals surface area contributed by atoms with E-state index in [4.69, 9.17) is 9.15 Å². The van der Waals surface area contributed by atoms with Gasteiger partial charge in [0.1, 0.15) is 5.76 Å². The van der Waals surface area contributed by atoms with E-state index in [2.05, 4.69) is 38.0 Å². The smallest absolute Gasteiger partial charge is 0.407 e. The van der Waals surface area contributed by atoms with Crippen LogP contribution in [0.25, 0.3) is 0 Å². The Hall–Kier alpha value is -1.52. The van der Waals surface area contributed by atoms with E-state index >= 15 is 0 Å². The molecule has 1 N–H and O–H groups in total. The number of aryl methyl sites for hydroxylation is 2. The molecule has 0 bridgehead atoms. The molecule has 0 saturated carbocycles. The predicted octanol–water partition coefficient (Wildman–Crippen LogP) is 3.74. The van der Waals surface area contributed by atoms with Crippen molar-refractivity contribution in [2.75, 3.05) is 13.2 Å². The molecule has 1 rings (SSSR count). The average molecular weight is 296 g/mol. The monoisotopic (exact) mass is 296 g/mol. The van der Waals surface area contributed by atoms with Gasteiger partial charge in [-0.25, -0.2) is 9.78 Å². The molecule has 1 amide bonds. The second kappa shape index (κ2) is 8.05. The maximum Gasteiger partial charge on any atom is 0.407 e. The van der Waals surface area contributed by atoms with Crippen molar-refractivity contribution in [1.82, 2.24) is 10.3 Å². The molecule has 0 fully saturated rings. The molecular weight excluding hydrogens is 268 g/mol. The lowest BCUT2D eigenvalue weighted by atomic mass is 9.97. The minimum atomic E-state index is -0.340. The van der Waals surface area contributed by atoms with Crippen LogP contribution in [0.2, 0.25) is 0 Å². The number of alkyl carbamates (subject to hydrolysis) is 1. The van der Waals surface area contributed by atoms with E-state index in [1.807, 2.05) is 6.92 Å². The lowest BCUT2D eigenvalue weighted by Gasteiger charge is -2.12. The summed E-state index contributed by atoms with van der Waals surface area (Å²) < 4.78 is 10.8. The Morgan fingerprint density at radius 1 is 1.33 bits per heavy atom. The third-order valence-corrected chi connectivity index (χ3v) is 3.12. The van der Waals surface area contributed by atoms with E-state index in [1.165, 1.54) is 0 Å². The Balaban J connectivity index is 2.30. The van der Waals surface area contributed by atoms with Crippen molar-refractivity contribution >= 4 is 6.09 Å². The zero-order valence-electron chi connectivity index (χ0n) is 13.9. The molecule has 5 nitrogen and oxygen atoms in total. The van der Waals surface area contributed by atoms with E-state index in [1.54, 1.807) is 0 Å². The second-order valence-corrected chi connectivity index (χ2v) is 6.30. The van der Waals surface area contributed by atoms with Crippen molar-refractivity contribution in [3.05, 3.63) is 17.3 Å². The summed E-state index contributed by atoms with van der Waals surface area (Å²) in [6.45, 7) is 11.3. The first-order valence-electron chi connectivity index (χ1n) is 7.72. The molecule has 120 valence electrons. The number of aromatic nitrogens is 1. The summed E-state index contributed by atoms with van der Waals surface area (Å²) in [6, 6.07) is 0. The van der Waals surface area contributed by atoms with Crippen LogP contribution in [0.4, 0.5) is 4.79 Å². The van der Waals surface area contributed by atoms with Crippen molar-refractivity contribution in [1.29, 1.82) is 0 Å². The normalized spacial score (nSPS) is 11.5. The third kappa shape index (κ3) is 6.19. The minimum absolute atomic E-state index is 0.0790. The summed E-state index contributed by atoms with van der Waals surface area (Å²) in [5.41, 5.74) is 0.857. The summed E-state index contributed by atoms with van der Waals surface area (Å²) in [5.74, 6) is 1.67. The van der Waals surface area contributed by atoms with Gasteiger partial charge in [-0.2, -0.15) is 0 Å². The molecule has 0 spiro atoms. The van der Waals surface area contributed by atoms with E-state index in [0.29, 0.717) is 13.2 Å². The maximum atomic E-state index is 11.4. The quantitative estimate of drug-likeness (QED) is 0.778. The van der Waals surface area contributed by atoms with Crippen LogP contribution in [0.5, 0.6) is 0 Å². The van der Waals surface area contributed by atoms with Gasteiger partial charge in [-0.1, -0.05) is 34.1 Å². The Morgan fingerprint density at radius 2 is 2.05 bits per heavy atom. The summed E-state index contributed by atoms with van der Waals surface area (Å²) in [7, 11) is 0. The van der Waals surface area contributed by atoms with Crippen LogP contribution in [-0.2, 0) is 16.6 Å². The predicted molar refractivity (Wildman–Crippen MR) is 82.5 cm³/mol. The van der Waals surface area contributed by atoms with Gasteiger partial charge in [0.2, 0.25) is 0 Å². The van der Waals surface area contributed by atoms with Crippen molar-refractivity contribution in [3.63, 3.8) is 0 Å². The standard InChI is InChI=1S/C16H28N2O3/c1-6-7-11-20-15(19)17-10-8-9-13-12(2)18-14(21-13)16(3,4)5/h6-11H2,1-5H3,(H,17,19). The van der Waals surface area contributed by atoms with Gasteiger partial charge in [-0.15, -0.1) is 0 Å². The summed E-state index contributed by atoms with van der Waals surface area (Å²) in [6.07, 6.45) is 3.16. The molecule has 1 aromatic heterocycles. The average Bonchev–Trinajstić information content (AvgIpc) is 2.76. The molecular formula is C16H28N2O3. The van der Waals surface area contributed by atoms with Crippen LogP contribution in [0.1, 0.15) is 64.3 Å². The van der Waals surface area contributed by atoms with Gasteiger partial charge in [0.25, 0.3) is 0 Å². The maximum absolute atomic E-state index is 11.4. The number of nitrogens with one attached hydrogen (secondary N) is 1. The summed E-state index contributed by atoms with van der Waals surface area (Å²) in [5, 5.41) is 2.75. The Labute approximate surface area is 127 Å². The molecule has 21 heavy (non-hydrogen) atoms. The van der Waals surface area contributed by atoms with Crippen LogP contribution in [-0.4, -0.2) is 24.2 Å². The number of carbonyl (C=O) groups excluding carboxylic acids is 1. The third-order valence-electron chi connectivity index (χ3n) is 3.12. The fourth-order valence-electron chi connectivity index (χ4n) is 1.78. The molecule has 0 aliphatic carbocycles. The van der Waals surface area contributed by atoms with Crippen LogP contribution < -0.4 is 5.32 Å². The molecule has 0 radical (unpaired) electrons. The molecule has 0 unspecified atom stereocenters. The van der Waals surface area contributed by atoms with Gasteiger partial charge in [-0.3, -0.25) is 0 Å². The molecule has 1 heterocycles. The molecule has 5 heteroatoms. The van der Waals surface area contributed by atoms with Crippen LogP contribution in [0.3, 0.4) is 0 Å². The number of nitrogens with zero attached hydrogens (tertiary/aromatic N) is 1. The Bertz CT molecular complexity index is 447. The molecule has 1 aromatic rings. The number of rotatable bonds is 7. The SMILES string of the molecule is CCCCOC(=O)NCCCc1oc(C(C)(C)C)nc1C. The number of hydrogen-bond acceptors (Lipinski definition) is 4. The fraction of sp³-hybridized carbons (Fsp3) is 0.750. The molecule has 0 saturated heterocycles. The largest absolute Gasteiger partial charge is 0.450 e. The van der Waals surface area contributed by atoms with E-state index < -0.39 is 0 Å². The zero-order chi connectivity index (χ0) is 15.9. The fourth-order valence-corrected chi connectivity index (χ4v) is 1.78.